The molecule has 0 bridgehead atoms. The summed E-state index contributed by atoms with van der Waals surface area (Å²) in [6.07, 6.45) is 7.01. The molecule has 1 atom stereocenters. The normalized spacial score (nSPS) is 16.6. The lowest BCUT2D eigenvalue weighted by atomic mass is 10.2. The maximum absolute atomic E-state index is 14.3. The quantitative estimate of drug-likeness (QED) is 0.251. The van der Waals surface area contributed by atoms with Gasteiger partial charge in [-0.15, -0.1) is 24.0 Å². The van der Waals surface area contributed by atoms with Crippen molar-refractivity contribution >= 4 is 29.9 Å². The zero-order valence-electron chi connectivity index (χ0n) is 15.9. The van der Waals surface area contributed by atoms with Crippen molar-refractivity contribution in [3.8, 4) is 5.69 Å². The van der Waals surface area contributed by atoms with Crippen LogP contribution in [0.2, 0.25) is 0 Å². The number of imidazole rings is 1. The third-order valence-electron chi connectivity index (χ3n) is 4.33. The molecule has 0 saturated carbocycles. The smallest absolute Gasteiger partial charge is 0.191 e. The molecule has 9 heteroatoms. The van der Waals surface area contributed by atoms with Crippen molar-refractivity contribution in [1.82, 2.24) is 20.2 Å². The van der Waals surface area contributed by atoms with E-state index in [9.17, 15) is 4.39 Å². The van der Waals surface area contributed by atoms with Gasteiger partial charge in [0.1, 0.15) is 5.82 Å². The molecule has 0 aliphatic carbocycles. The highest BCUT2D eigenvalue weighted by atomic mass is 127. The van der Waals surface area contributed by atoms with Gasteiger partial charge in [-0.1, -0.05) is 6.07 Å². The molecule has 154 valence electrons. The number of rotatable bonds is 8. The second-order valence-electron chi connectivity index (χ2n) is 6.32. The molecule has 7 nitrogen and oxygen atoms in total. The zero-order chi connectivity index (χ0) is 18.9. The van der Waals surface area contributed by atoms with E-state index in [-0.39, 0.29) is 35.9 Å². The number of nitrogens with one attached hydrogen (secondary N) is 2. The van der Waals surface area contributed by atoms with Crippen LogP contribution in [0.3, 0.4) is 0 Å². The Kier molecular flexibility index (Phi) is 9.65. The van der Waals surface area contributed by atoms with Crippen LogP contribution in [-0.4, -0.2) is 55.0 Å². The molecule has 1 aromatic carbocycles. The molecule has 0 spiro atoms. The lowest BCUT2D eigenvalue weighted by Crippen LogP contribution is -2.37. The van der Waals surface area contributed by atoms with Gasteiger partial charge >= 0.3 is 0 Å². The van der Waals surface area contributed by atoms with E-state index in [4.69, 9.17) is 9.47 Å². The number of aliphatic imine (C=N–C) groups is 1. The summed E-state index contributed by atoms with van der Waals surface area (Å²) in [6, 6.07) is 5.15. The SMILES string of the molecule is CN=C(NCCCOC1CCOC1)NCc1ccc(-n2ccnc2)c(F)c1.I. The van der Waals surface area contributed by atoms with Crippen LogP contribution in [0, 0.1) is 5.82 Å². The molecular weight excluding hydrogens is 476 g/mol. The van der Waals surface area contributed by atoms with Gasteiger partial charge in [0.25, 0.3) is 0 Å². The Balaban J connectivity index is 0.00000280. The molecule has 2 heterocycles. The molecule has 1 unspecified atom stereocenters. The van der Waals surface area contributed by atoms with Crippen molar-refractivity contribution in [2.75, 3.05) is 33.4 Å². The van der Waals surface area contributed by atoms with Gasteiger partial charge in [0, 0.05) is 45.7 Å². The predicted octanol–water partition coefficient (Wildman–Crippen LogP) is 2.49. The number of halogens is 2. The van der Waals surface area contributed by atoms with Crippen LogP contribution in [0.1, 0.15) is 18.4 Å². The molecule has 1 saturated heterocycles. The summed E-state index contributed by atoms with van der Waals surface area (Å²) in [5.74, 6) is 0.390. The molecule has 28 heavy (non-hydrogen) atoms. The fourth-order valence-electron chi connectivity index (χ4n) is 2.85. The van der Waals surface area contributed by atoms with Crippen molar-refractivity contribution in [2.24, 2.45) is 4.99 Å². The fraction of sp³-hybridized carbons (Fsp3) is 0.474. The molecule has 0 radical (unpaired) electrons. The van der Waals surface area contributed by atoms with Crippen LogP contribution < -0.4 is 10.6 Å². The molecule has 2 aromatic rings. The third-order valence-corrected chi connectivity index (χ3v) is 4.33. The minimum Gasteiger partial charge on any atom is -0.379 e. The Bertz CT molecular complexity index is 736. The van der Waals surface area contributed by atoms with Crippen LogP contribution in [0.4, 0.5) is 4.39 Å². The lowest BCUT2D eigenvalue weighted by molar-refractivity contribution is 0.0420. The van der Waals surface area contributed by atoms with Crippen LogP contribution in [-0.2, 0) is 16.0 Å². The van der Waals surface area contributed by atoms with Crippen LogP contribution >= 0.6 is 24.0 Å². The molecule has 1 aromatic heterocycles. The van der Waals surface area contributed by atoms with Gasteiger partial charge in [0.15, 0.2) is 5.96 Å². The van der Waals surface area contributed by atoms with E-state index >= 15 is 0 Å². The molecule has 0 amide bonds. The van der Waals surface area contributed by atoms with Gasteiger partial charge in [-0.2, -0.15) is 0 Å². The minimum absolute atomic E-state index is 0. The van der Waals surface area contributed by atoms with E-state index in [1.807, 2.05) is 6.07 Å². The Morgan fingerprint density at radius 3 is 3.00 bits per heavy atom. The monoisotopic (exact) mass is 503 g/mol. The highest BCUT2D eigenvalue weighted by Gasteiger charge is 2.15. The summed E-state index contributed by atoms with van der Waals surface area (Å²) in [4.78, 5) is 8.13. The highest BCUT2D eigenvalue weighted by Crippen LogP contribution is 2.14. The first-order valence-corrected chi connectivity index (χ1v) is 9.17. The molecule has 3 rings (SSSR count). The average molecular weight is 503 g/mol. The average Bonchev–Trinajstić information content (AvgIpc) is 3.38. The van der Waals surface area contributed by atoms with Gasteiger partial charge in [-0.25, -0.2) is 9.37 Å². The molecule has 1 fully saturated rings. The molecule has 1 aliphatic heterocycles. The van der Waals surface area contributed by atoms with Gasteiger partial charge < -0.3 is 24.7 Å². The van der Waals surface area contributed by atoms with E-state index in [2.05, 4.69) is 20.6 Å². The van der Waals surface area contributed by atoms with E-state index in [1.165, 1.54) is 6.07 Å². The lowest BCUT2D eigenvalue weighted by Gasteiger charge is -2.14. The summed E-state index contributed by atoms with van der Waals surface area (Å²) >= 11 is 0. The van der Waals surface area contributed by atoms with E-state index < -0.39 is 0 Å². The van der Waals surface area contributed by atoms with Crippen molar-refractivity contribution in [1.29, 1.82) is 0 Å². The van der Waals surface area contributed by atoms with E-state index in [0.717, 1.165) is 31.6 Å². The maximum atomic E-state index is 14.3. The van der Waals surface area contributed by atoms with Gasteiger partial charge in [0.05, 0.1) is 24.7 Å². The Labute approximate surface area is 181 Å². The highest BCUT2D eigenvalue weighted by molar-refractivity contribution is 14.0. The standard InChI is InChI=1S/C19H26FN5O2.HI/c1-21-19(23-6-2-9-27-16-5-10-26-13-16)24-12-15-3-4-18(17(20)11-15)25-8-7-22-14-25;/h3-4,7-8,11,14,16H,2,5-6,9-10,12-13H2,1H3,(H2,21,23,24);1H. The van der Waals surface area contributed by atoms with Crippen molar-refractivity contribution in [2.45, 2.75) is 25.5 Å². The van der Waals surface area contributed by atoms with Crippen molar-refractivity contribution < 1.29 is 13.9 Å². The largest absolute Gasteiger partial charge is 0.379 e. The number of hydrogen-bond donors (Lipinski definition) is 2. The topological polar surface area (TPSA) is 72.7 Å². The minimum atomic E-state index is -0.289. The first-order chi connectivity index (χ1) is 13.3. The van der Waals surface area contributed by atoms with E-state index in [0.29, 0.717) is 31.4 Å². The summed E-state index contributed by atoms with van der Waals surface area (Å²) in [6.45, 7) is 3.42. The number of benzene rings is 1. The van der Waals surface area contributed by atoms with E-state index in [1.54, 1.807) is 36.4 Å². The summed E-state index contributed by atoms with van der Waals surface area (Å²) in [5.41, 5.74) is 1.32. The second-order valence-corrected chi connectivity index (χ2v) is 6.32. The van der Waals surface area contributed by atoms with Crippen molar-refractivity contribution in [3.05, 3.63) is 48.3 Å². The number of guanidine groups is 1. The number of nitrogens with zero attached hydrogens (tertiary/aromatic N) is 3. The van der Waals surface area contributed by atoms with Crippen LogP contribution in [0.25, 0.3) is 5.69 Å². The predicted molar refractivity (Wildman–Crippen MR) is 117 cm³/mol. The number of hydrogen-bond acceptors (Lipinski definition) is 4. The summed E-state index contributed by atoms with van der Waals surface area (Å²) in [7, 11) is 1.71. The fourth-order valence-corrected chi connectivity index (χ4v) is 2.85. The Morgan fingerprint density at radius 2 is 2.32 bits per heavy atom. The Morgan fingerprint density at radius 1 is 1.43 bits per heavy atom. The number of ether oxygens (including phenoxy) is 2. The van der Waals surface area contributed by atoms with Crippen LogP contribution in [0.5, 0.6) is 0 Å². The Hall–Kier alpha value is -1.72. The van der Waals surface area contributed by atoms with Gasteiger partial charge in [-0.05, 0) is 30.5 Å². The first-order valence-electron chi connectivity index (χ1n) is 9.17. The zero-order valence-corrected chi connectivity index (χ0v) is 18.3. The van der Waals surface area contributed by atoms with Gasteiger partial charge in [-0.3, -0.25) is 4.99 Å². The molecular formula is C19H27FIN5O2. The summed E-state index contributed by atoms with van der Waals surface area (Å²) in [5, 5.41) is 6.43. The van der Waals surface area contributed by atoms with Crippen molar-refractivity contribution in [3.63, 3.8) is 0 Å². The molecule has 1 aliphatic rings. The summed E-state index contributed by atoms with van der Waals surface area (Å²) < 4.78 is 26.9. The molecule has 2 N–H and O–H groups in total. The first kappa shape index (κ1) is 22.6. The van der Waals surface area contributed by atoms with Gasteiger partial charge in [0.2, 0.25) is 0 Å². The maximum Gasteiger partial charge on any atom is 0.191 e. The second kappa shape index (κ2) is 12.0. The van der Waals surface area contributed by atoms with Crippen LogP contribution in [0.15, 0.2) is 41.9 Å². The number of aromatic nitrogens is 2. The third kappa shape index (κ3) is 6.71.